The van der Waals surface area contributed by atoms with Gasteiger partial charge < -0.3 is 0 Å². The largest absolute Gasteiger partial charge is 0.248 e. The van der Waals surface area contributed by atoms with Crippen molar-refractivity contribution < 1.29 is 0 Å². The number of hydrogen-bond acceptors (Lipinski definition) is 1. The Kier molecular flexibility index (Phi) is 3.34. The van der Waals surface area contributed by atoms with E-state index >= 15 is 0 Å². The Morgan fingerprint density at radius 3 is 2.55 bits per heavy atom. The number of nitrogens with zero attached hydrogens (tertiary/aromatic N) is 1. The fourth-order valence-electron chi connectivity index (χ4n) is 2.45. The molecule has 0 unspecified atom stereocenters. The minimum Gasteiger partial charge on any atom is -0.248 e. The highest BCUT2D eigenvalue weighted by Gasteiger charge is 2.06. The summed E-state index contributed by atoms with van der Waals surface area (Å²) in [5.41, 5.74) is 5.63. The van der Waals surface area contributed by atoms with Gasteiger partial charge in [0, 0.05) is 10.9 Å². The van der Waals surface area contributed by atoms with Crippen LogP contribution in [0.2, 0.25) is 0 Å². The summed E-state index contributed by atoms with van der Waals surface area (Å²) < 4.78 is 0. The lowest BCUT2D eigenvalue weighted by Gasteiger charge is -2.08. The fraction of sp³-hybridized carbons (Fsp3) is 0.105. The summed E-state index contributed by atoms with van der Waals surface area (Å²) in [6, 6.07) is 18.9. The predicted molar refractivity (Wildman–Crippen MR) is 86.6 cm³/mol. The molecule has 0 fully saturated rings. The summed E-state index contributed by atoms with van der Waals surface area (Å²) in [6.07, 6.45) is 2.93. The van der Waals surface area contributed by atoms with Crippen LogP contribution in [-0.4, -0.2) is 4.98 Å². The molecular formula is C19H17N. The van der Waals surface area contributed by atoms with Gasteiger partial charge in [-0.25, -0.2) is 4.98 Å². The molecule has 0 N–H and O–H groups in total. The van der Waals surface area contributed by atoms with E-state index in [1.165, 1.54) is 5.56 Å². The van der Waals surface area contributed by atoms with Crippen LogP contribution < -0.4 is 0 Å². The normalized spacial score (nSPS) is 10.7. The Morgan fingerprint density at radius 1 is 1.05 bits per heavy atom. The highest BCUT2D eigenvalue weighted by Crippen LogP contribution is 2.26. The van der Waals surface area contributed by atoms with Crippen LogP contribution in [0.15, 0.2) is 61.2 Å². The summed E-state index contributed by atoms with van der Waals surface area (Å²) in [5.74, 6) is 0. The van der Waals surface area contributed by atoms with Crippen LogP contribution in [0.4, 0.5) is 0 Å². The molecule has 0 aliphatic heterocycles. The molecule has 0 bridgehead atoms. The molecule has 1 aromatic heterocycles. The zero-order valence-corrected chi connectivity index (χ0v) is 11.6. The summed E-state index contributed by atoms with van der Waals surface area (Å²) in [5, 5.41) is 1.16. The molecule has 3 rings (SSSR count). The molecule has 0 amide bonds. The van der Waals surface area contributed by atoms with Crippen molar-refractivity contribution in [3.05, 3.63) is 72.3 Å². The van der Waals surface area contributed by atoms with Gasteiger partial charge in [-0.2, -0.15) is 0 Å². The molecule has 2 aromatic carbocycles. The van der Waals surface area contributed by atoms with E-state index in [0.717, 1.165) is 34.1 Å². The van der Waals surface area contributed by atoms with Crippen molar-refractivity contribution in [2.24, 2.45) is 0 Å². The zero-order valence-electron chi connectivity index (χ0n) is 11.6. The minimum absolute atomic E-state index is 1.00. The first kappa shape index (κ1) is 12.6. The molecule has 1 nitrogen and oxygen atoms in total. The smallest absolute Gasteiger partial charge is 0.0718 e. The second-order valence-electron chi connectivity index (χ2n) is 4.87. The van der Waals surface area contributed by atoms with E-state index in [1.807, 2.05) is 24.3 Å². The number of fused-ring (bicyclic) bond motifs is 1. The molecule has 20 heavy (non-hydrogen) atoms. The molecule has 98 valence electrons. The highest BCUT2D eigenvalue weighted by molar-refractivity contribution is 5.90. The number of rotatable bonds is 3. The Balaban J connectivity index is 2.27. The molecule has 0 saturated heterocycles. The monoisotopic (exact) mass is 259 g/mol. The minimum atomic E-state index is 1.00. The highest BCUT2D eigenvalue weighted by atomic mass is 14.7. The summed E-state index contributed by atoms with van der Waals surface area (Å²) in [4.78, 5) is 4.81. The van der Waals surface area contributed by atoms with Gasteiger partial charge in [0.1, 0.15) is 0 Å². The predicted octanol–water partition coefficient (Wildman–Crippen LogP) is 5.11. The molecule has 3 aromatic rings. The third-order valence-electron chi connectivity index (χ3n) is 3.60. The molecule has 1 heterocycles. The third kappa shape index (κ3) is 2.23. The number of aromatic nitrogens is 1. The first-order valence-corrected chi connectivity index (χ1v) is 6.93. The maximum absolute atomic E-state index is 4.81. The van der Waals surface area contributed by atoms with Crippen molar-refractivity contribution in [2.45, 2.75) is 13.3 Å². The number of benzene rings is 2. The van der Waals surface area contributed by atoms with Crippen molar-refractivity contribution >= 4 is 17.0 Å². The van der Waals surface area contributed by atoms with Gasteiger partial charge in [0.25, 0.3) is 0 Å². The van der Waals surface area contributed by atoms with Gasteiger partial charge in [0.15, 0.2) is 0 Å². The summed E-state index contributed by atoms with van der Waals surface area (Å²) in [6.45, 7) is 6.09. The van der Waals surface area contributed by atoms with Crippen LogP contribution in [0.3, 0.4) is 0 Å². The molecule has 1 heteroatoms. The van der Waals surface area contributed by atoms with E-state index in [9.17, 15) is 0 Å². The maximum Gasteiger partial charge on any atom is 0.0718 e. The number of aryl methyl sites for hydroxylation is 1. The van der Waals surface area contributed by atoms with Gasteiger partial charge in [-0.1, -0.05) is 62.0 Å². The summed E-state index contributed by atoms with van der Waals surface area (Å²) >= 11 is 0. The van der Waals surface area contributed by atoms with Crippen LogP contribution in [0.5, 0.6) is 0 Å². The van der Waals surface area contributed by atoms with Crippen molar-refractivity contribution in [3.8, 4) is 11.3 Å². The van der Waals surface area contributed by atoms with Gasteiger partial charge in [0.05, 0.1) is 11.2 Å². The average Bonchev–Trinajstić information content (AvgIpc) is 2.54. The third-order valence-corrected chi connectivity index (χ3v) is 3.60. The van der Waals surface area contributed by atoms with E-state index < -0.39 is 0 Å². The van der Waals surface area contributed by atoms with Gasteiger partial charge >= 0.3 is 0 Å². The lowest BCUT2D eigenvalue weighted by molar-refractivity contribution is 1.14. The summed E-state index contributed by atoms with van der Waals surface area (Å²) in [7, 11) is 0. The SMILES string of the molecule is C=Cc1cc(-c2ccccc2)nc2cc(CC)ccc12. The maximum atomic E-state index is 4.81. The molecule has 0 spiro atoms. The fourth-order valence-corrected chi connectivity index (χ4v) is 2.45. The van der Waals surface area contributed by atoms with Crippen molar-refractivity contribution in [2.75, 3.05) is 0 Å². The van der Waals surface area contributed by atoms with Crippen LogP contribution in [0, 0.1) is 0 Å². The van der Waals surface area contributed by atoms with Crippen LogP contribution in [0.1, 0.15) is 18.1 Å². The van der Waals surface area contributed by atoms with E-state index in [1.54, 1.807) is 0 Å². The Hall–Kier alpha value is -2.41. The molecular weight excluding hydrogens is 242 g/mol. The first-order valence-electron chi connectivity index (χ1n) is 6.93. The number of pyridine rings is 1. The Morgan fingerprint density at radius 2 is 1.85 bits per heavy atom. The van der Waals surface area contributed by atoms with Gasteiger partial charge in [-0.3, -0.25) is 0 Å². The number of hydrogen-bond donors (Lipinski definition) is 0. The average molecular weight is 259 g/mol. The van der Waals surface area contributed by atoms with E-state index in [2.05, 4.69) is 49.9 Å². The quantitative estimate of drug-likeness (QED) is 0.637. The van der Waals surface area contributed by atoms with E-state index in [4.69, 9.17) is 4.98 Å². The Bertz CT molecular complexity index is 757. The van der Waals surface area contributed by atoms with Crippen LogP contribution in [0.25, 0.3) is 28.2 Å². The van der Waals surface area contributed by atoms with Crippen LogP contribution >= 0.6 is 0 Å². The molecule has 0 saturated carbocycles. The van der Waals surface area contributed by atoms with Crippen molar-refractivity contribution in [1.82, 2.24) is 4.98 Å². The van der Waals surface area contributed by atoms with Gasteiger partial charge in [-0.05, 0) is 29.7 Å². The van der Waals surface area contributed by atoms with Crippen molar-refractivity contribution in [3.63, 3.8) is 0 Å². The zero-order chi connectivity index (χ0) is 13.9. The Labute approximate surface area is 119 Å². The molecule has 0 aliphatic rings. The second-order valence-corrected chi connectivity index (χ2v) is 4.87. The van der Waals surface area contributed by atoms with E-state index in [0.29, 0.717) is 0 Å². The van der Waals surface area contributed by atoms with E-state index in [-0.39, 0.29) is 0 Å². The first-order chi connectivity index (χ1) is 9.81. The molecule has 0 atom stereocenters. The molecule has 0 aliphatic carbocycles. The standard InChI is InChI=1S/C19H17N/c1-3-14-10-11-17-15(4-2)13-18(20-19(17)12-14)16-8-6-5-7-9-16/h4-13H,2-3H2,1H3. The van der Waals surface area contributed by atoms with Gasteiger partial charge in [0.2, 0.25) is 0 Å². The van der Waals surface area contributed by atoms with Crippen molar-refractivity contribution in [1.29, 1.82) is 0 Å². The van der Waals surface area contributed by atoms with Crippen LogP contribution in [-0.2, 0) is 6.42 Å². The second kappa shape index (κ2) is 5.30. The van der Waals surface area contributed by atoms with Gasteiger partial charge in [-0.15, -0.1) is 0 Å². The molecule has 0 radical (unpaired) electrons. The lowest BCUT2D eigenvalue weighted by atomic mass is 10.0. The topological polar surface area (TPSA) is 12.9 Å². The lowest BCUT2D eigenvalue weighted by Crippen LogP contribution is -1.90.